The first-order valence-corrected chi connectivity index (χ1v) is 13.2. The molecule has 0 bridgehead atoms. The van der Waals surface area contributed by atoms with Gasteiger partial charge in [0.15, 0.2) is 4.80 Å². The largest absolute Gasteiger partial charge is 0.494 e. The Balaban J connectivity index is 1.80. The number of carbonyl (C=O) groups excluding carboxylic acids is 1. The number of fused-ring (bicyclic) bond motifs is 1. The fourth-order valence-electron chi connectivity index (χ4n) is 4.06. The number of unbranched alkanes of at least 4 members (excludes halogenated alkanes) is 2. The van der Waals surface area contributed by atoms with Crippen molar-refractivity contribution in [3.63, 3.8) is 0 Å². The maximum atomic E-state index is 13.6. The number of ether oxygens (including phenoxy) is 2. The van der Waals surface area contributed by atoms with Gasteiger partial charge in [0.2, 0.25) is 0 Å². The van der Waals surface area contributed by atoms with Gasteiger partial charge in [0, 0.05) is 10.0 Å². The number of thiazole rings is 1. The molecule has 2 aromatic carbocycles. The number of allylic oxidation sites excluding steroid dienone is 1. The molecule has 1 unspecified atom stereocenters. The Kier molecular flexibility index (Phi) is 8.34. The van der Waals surface area contributed by atoms with E-state index >= 15 is 0 Å². The highest BCUT2D eigenvalue weighted by atomic mass is 35.5. The molecule has 0 saturated heterocycles. The number of benzene rings is 2. The third-order valence-corrected chi connectivity index (χ3v) is 7.43. The summed E-state index contributed by atoms with van der Waals surface area (Å²) in [6.45, 7) is 4.54. The number of nitrogens with zero attached hydrogens (tertiary/aromatic N) is 2. The van der Waals surface area contributed by atoms with Crippen molar-refractivity contribution in [1.29, 1.82) is 0 Å². The fraction of sp³-hybridized carbons (Fsp3) is 0.296. The van der Waals surface area contributed by atoms with Gasteiger partial charge in [-0.05, 0) is 54.8 Å². The number of hydrogen-bond donors (Lipinski definition) is 0. The highest BCUT2D eigenvalue weighted by Crippen LogP contribution is 2.31. The molecule has 0 aliphatic carbocycles. The Morgan fingerprint density at radius 1 is 1.17 bits per heavy atom. The number of carbonyl (C=O) groups is 1. The minimum atomic E-state index is -0.689. The van der Waals surface area contributed by atoms with Gasteiger partial charge in [-0.15, -0.1) is 0 Å². The van der Waals surface area contributed by atoms with Crippen molar-refractivity contribution >= 4 is 46.6 Å². The molecule has 3 aromatic rings. The maximum absolute atomic E-state index is 13.6. The Bertz CT molecular complexity index is 1490. The van der Waals surface area contributed by atoms with E-state index in [2.05, 4.69) is 11.9 Å². The van der Waals surface area contributed by atoms with Gasteiger partial charge < -0.3 is 9.47 Å². The molecular weight excluding hydrogens is 519 g/mol. The van der Waals surface area contributed by atoms with Gasteiger partial charge in [-0.3, -0.25) is 9.36 Å². The van der Waals surface area contributed by atoms with Gasteiger partial charge >= 0.3 is 5.97 Å². The van der Waals surface area contributed by atoms with Crippen molar-refractivity contribution in [2.24, 2.45) is 4.99 Å². The van der Waals surface area contributed by atoms with Gasteiger partial charge in [0.25, 0.3) is 5.56 Å². The Hall–Kier alpha value is -2.87. The first-order valence-electron chi connectivity index (χ1n) is 11.6. The van der Waals surface area contributed by atoms with Crippen LogP contribution in [0.25, 0.3) is 6.08 Å². The molecule has 2 heterocycles. The molecule has 36 heavy (non-hydrogen) atoms. The van der Waals surface area contributed by atoms with Gasteiger partial charge in [0.05, 0.1) is 35.6 Å². The molecule has 0 amide bonds. The smallest absolute Gasteiger partial charge is 0.338 e. The van der Waals surface area contributed by atoms with Crippen molar-refractivity contribution in [2.75, 3.05) is 13.7 Å². The summed E-state index contributed by atoms with van der Waals surface area (Å²) < 4.78 is 12.9. The molecule has 0 saturated carbocycles. The van der Waals surface area contributed by atoms with Crippen LogP contribution in [0, 0.1) is 0 Å². The third-order valence-electron chi connectivity index (χ3n) is 5.89. The van der Waals surface area contributed by atoms with Crippen LogP contribution >= 0.6 is 34.5 Å². The van der Waals surface area contributed by atoms with Crippen LogP contribution in [0.1, 0.15) is 50.3 Å². The predicted molar refractivity (Wildman–Crippen MR) is 144 cm³/mol. The van der Waals surface area contributed by atoms with E-state index < -0.39 is 12.0 Å². The van der Waals surface area contributed by atoms with Gasteiger partial charge in [-0.2, -0.15) is 0 Å². The summed E-state index contributed by atoms with van der Waals surface area (Å²) in [6, 6.07) is 11.9. The fourth-order valence-corrected chi connectivity index (χ4v) is 5.56. The molecule has 9 heteroatoms. The van der Waals surface area contributed by atoms with Crippen molar-refractivity contribution in [1.82, 2.24) is 4.57 Å². The van der Waals surface area contributed by atoms with E-state index in [0.717, 1.165) is 30.6 Å². The average molecular weight is 545 g/mol. The van der Waals surface area contributed by atoms with Crippen LogP contribution in [0.4, 0.5) is 0 Å². The van der Waals surface area contributed by atoms with Gasteiger partial charge in [-0.25, -0.2) is 9.79 Å². The number of esters is 1. The SMILES string of the molecule is CCCCCOc1ccc(C2C(C(=O)OC)=C(C)N=c3sc(=Cc4ccc(Cl)cc4Cl)c(=O)n32)cc1. The summed E-state index contributed by atoms with van der Waals surface area (Å²) >= 11 is 13.6. The number of halogens is 2. The van der Waals surface area contributed by atoms with Crippen LogP contribution in [0.15, 0.2) is 63.5 Å². The lowest BCUT2D eigenvalue weighted by Gasteiger charge is -2.24. The van der Waals surface area contributed by atoms with Crippen LogP contribution in [0.3, 0.4) is 0 Å². The molecule has 188 valence electrons. The lowest BCUT2D eigenvalue weighted by Crippen LogP contribution is -2.39. The number of aromatic nitrogens is 1. The molecule has 0 radical (unpaired) electrons. The molecule has 0 fully saturated rings. The van der Waals surface area contributed by atoms with Crippen molar-refractivity contribution in [2.45, 2.75) is 39.2 Å². The third kappa shape index (κ3) is 5.43. The Morgan fingerprint density at radius 2 is 1.92 bits per heavy atom. The average Bonchev–Trinajstić information content (AvgIpc) is 3.17. The molecule has 1 atom stereocenters. The highest BCUT2D eigenvalue weighted by Gasteiger charge is 2.33. The zero-order valence-electron chi connectivity index (χ0n) is 20.2. The van der Waals surface area contributed by atoms with Crippen molar-refractivity contribution < 1.29 is 14.3 Å². The van der Waals surface area contributed by atoms with Crippen LogP contribution in [-0.4, -0.2) is 24.3 Å². The zero-order valence-corrected chi connectivity index (χ0v) is 22.5. The van der Waals surface area contributed by atoms with Crippen LogP contribution in [-0.2, 0) is 9.53 Å². The summed E-state index contributed by atoms with van der Waals surface area (Å²) in [6.07, 6.45) is 4.93. The van der Waals surface area contributed by atoms with E-state index in [1.165, 1.54) is 23.0 Å². The number of rotatable bonds is 8. The van der Waals surface area contributed by atoms with Gasteiger partial charge in [0.1, 0.15) is 5.75 Å². The summed E-state index contributed by atoms with van der Waals surface area (Å²) in [5.74, 6) is 0.205. The summed E-state index contributed by atoms with van der Waals surface area (Å²) in [5, 5.41) is 0.945. The zero-order chi connectivity index (χ0) is 25.8. The van der Waals surface area contributed by atoms with Crippen molar-refractivity contribution in [3.8, 4) is 5.75 Å². The highest BCUT2D eigenvalue weighted by molar-refractivity contribution is 7.07. The molecule has 6 nitrogen and oxygen atoms in total. The van der Waals surface area contributed by atoms with Gasteiger partial charge in [-0.1, -0.05) is 72.5 Å². The molecule has 1 aromatic heterocycles. The molecule has 1 aliphatic heterocycles. The standard InChI is InChI=1S/C27H26Cl2N2O4S/c1-4-5-6-13-35-20-11-8-17(9-12-20)24-23(26(33)34-3)16(2)30-27-31(24)25(32)22(36-27)14-18-7-10-19(28)15-21(18)29/h7-12,14-15,24H,4-6,13H2,1-3H3. The van der Waals surface area contributed by atoms with E-state index in [0.29, 0.717) is 42.8 Å². The maximum Gasteiger partial charge on any atom is 0.338 e. The molecular formula is C27H26Cl2N2O4S. The first kappa shape index (κ1) is 26.2. The van der Waals surface area contributed by atoms with Crippen molar-refractivity contribution in [3.05, 3.63) is 94.6 Å². The Morgan fingerprint density at radius 3 is 2.58 bits per heavy atom. The quantitative estimate of drug-likeness (QED) is 0.285. The van der Waals surface area contributed by atoms with E-state index in [1.54, 1.807) is 31.2 Å². The van der Waals surface area contributed by atoms with E-state index in [1.807, 2.05) is 24.3 Å². The second-order valence-electron chi connectivity index (χ2n) is 8.36. The monoisotopic (exact) mass is 544 g/mol. The predicted octanol–water partition coefficient (Wildman–Crippen LogP) is 5.28. The first-order chi connectivity index (χ1) is 17.3. The summed E-state index contributed by atoms with van der Waals surface area (Å²) in [4.78, 5) is 31.5. The Labute approximate surface area is 223 Å². The molecule has 4 rings (SSSR count). The second-order valence-corrected chi connectivity index (χ2v) is 10.2. The number of hydrogen-bond acceptors (Lipinski definition) is 6. The molecule has 0 N–H and O–H groups in total. The lowest BCUT2D eigenvalue weighted by atomic mass is 9.96. The summed E-state index contributed by atoms with van der Waals surface area (Å²) in [7, 11) is 1.32. The molecule has 0 spiro atoms. The minimum absolute atomic E-state index is 0.274. The number of methoxy groups -OCH3 is 1. The normalized spacial score (nSPS) is 15.5. The van der Waals surface area contributed by atoms with Crippen LogP contribution in [0.5, 0.6) is 5.75 Å². The molecule has 1 aliphatic rings. The van der Waals surface area contributed by atoms with Crippen LogP contribution in [0.2, 0.25) is 10.0 Å². The summed E-state index contributed by atoms with van der Waals surface area (Å²) in [5.41, 5.74) is 1.96. The van der Waals surface area contributed by atoms with E-state index in [4.69, 9.17) is 32.7 Å². The van der Waals surface area contributed by atoms with Crippen LogP contribution < -0.4 is 19.6 Å². The minimum Gasteiger partial charge on any atom is -0.494 e. The topological polar surface area (TPSA) is 69.9 Å². The lowest BCUT2D eigenvalue weighted by molar-refractivity contribution is -0.136. The van der Waals surface area contributed by atoms with E-state index in [-0.39, 0.29) is 5.56 Å². The second kappa shape index (κ2) is 11.5. The van der Waals surface area contributed by atoms with E-state index in [9.17, 15) is 9.59 Å².